The zero-order valence-corrected chi connectivity index (χ0v) is 9.86. The van der Waals surface area contributed by atoms with Gasteiger partial charge in [-0.1, -0.05) is 32.9 Å². The lowest BCUT2D eigenvalue weighted by Gasteiger charge is -2.22. The van der Waals surface area contributed by atoms with Gasteiger partial charge in [-0.3, -0.25) is 4.79 Å². The van der Waals surface area contributed by atoms with Crippen LogP contribution in [0.4, 0.5) is 0 Å². The van der Waals surface area contributed by atoms with Gasteiger partial charge in [0.2, 0.25) is 5.91 Å². The van der Waals surface area contributed by atoms with E-state index in [9.17, 15) is 4.79 Å². The molecule has 1 amide bonds. The monoisotopic (exact) mass is 210 g/mol. The van der Waals surface area contributed by atoms with Crippen LogP contribution in [0, 0.1) is 11.8 Å². The molecule has 0 saturated carbocycles. The van der Waals surface area contributed by atoms with Gasteiger partial charge in [-0.15, -0.1) is 0 Å². The molecule has 0 aliphatic heterocycles. The SMILES string of the molecule is CCC(NC(=O)C1C=CC(N)C1)C(C)C. The highest BCUT2D eigenvalue weighted by Gasteiger charge is 2.24. The van der Waals surface area contributed by atoms with Crippen LogP contribution in [-0.2, 0) is 4.79 Å². The van der Waals surface area contributed by atoms with Gasteiger partial charge in [-0.2, -0.15) is 0 Å². The summed E-state index contributed by atoms with van der Waals surface area (Å²) in [6.45, 7) is 6.36. The van der Waals surface area contributed by atoms with Crippen LogP contribution in [0.15, 0.2) is 12.2 Å². The van der Waals surface area contributed by atoms with Crippen molar-refractivity contribution in [2.75, 3.05) is 0 Å². The van der Waals surface area contributed by atoms with Crippen molar-refractivity contribution in [3.63, 3.8) is 0 Å². The molecule has 0 aromatic rings. The summed E-state index contributed by atoms with van der Waals surface area (Å²) in [5, 5.41) is 3.08. The number of nitrogens with one attached hydrogen (secondary N) is 1. The van der Waals surface area contributed by atoms with E-state index in [1.807, 2.05) is 12.2 Å². The van der Waals surface area contributed by atoms with E-state index in [1.54, 1.807) is 0 Å². The fraction of sp³-hybridized carbons (Fsp3) is 0.750. The van der Waals surface area contributed by atoms with Crippen molar-refractivity contribution in [2.45, 2.75) is 45.7 Å². The highest BCUT2D eigenvalue weighted by atomic mass is 16.1. The van der Waals surface area contributed by atoms with Crippen molar-refractivity contribution in [3.8, 4) is 0 Å². The van der Waals surface area contributed by atoms with Crippen molar-refractivity contribution < 1.29 is 4.79 Å². The van der Waals surface area contributed by atoms with Crippen LogP contribution < -0.4 is 11.1 Å². The Kier molecular flexibility index (Phi) is 4.33. The van der Waals surface area contributed by atoms with Crippen LogP contribution in [0.25, 0.3) is 0 Å². The second-order valence-corrected chi connectivity index (χ2v) is 4.66. The molecule has 0 aromatic heterocycles. The highest BCUT2D eigenvalue weighted by molar-refractivity contribution is 5.81. The summed E-state index contributed by atoms with van der Waals surface area (Å²) in [6, 6.07) is 0.336. The zero-order valence-electron chi connectivity index (χ0n) is 9.86. The third kappa shape index (κ3) is 3.34. The molecule has 0 spiro atoms. The van der Waals surface area contributed by atoms with E-state index in [0.717, 1.165) is 12.8 Å². The van der Waals surface area contributed by atoms with Crippen LogP contribution in [0.2, 0.25) is 0 Å². The first-order chi connectivity index (χ1) is 7.04. The summed E-state index contributed by atoms with van der Waals surface area (Å²) in [5.41, 5.74) is 5.72. The number of carbonyl (C=O) groups is 1. The van der Waals surface area contributed by atoms with Gasteiger partial charge in [0.05, 0.1) is 5.92 Å². The topological polar surface area (TPSA) is 55.1 Å². The maximum absolute atomic E-state index is 11.8. The Morgan fingerprint density at radius 1 is 1.53 bits per heavy atom. The molecule has 0 fully saturated rings. The van der Waals surface area contributed by atoms with Crippen molar-refractivity contribution >= 4 is 5.91 Å². The van der Waals surface area contributed by atoms with Gasteiger partial charge in [-0.25, -0.2) is 0 Å². The first-order valence-corrected chi connectivity index (χ1v) is 5.78. The van der Waals surface area contributed by atoms with Crippen molar-refractivity contribution in [2.24, 2.45) is 17.6 Å². The molecule has 3 nitrogen and oxygen atoms in total. The molecule has 0 bridgehead atoms. The Morgan fingerprint density at radius 3 is 2.60 bits per heavy atom. The van der Waals surface area contributed by atoms with E-state index in [1.165, 1.54) is 0 Å². The second kappa shape index (κ2) is 5.31. The van der Waals surface area contributed by atoms with E-state index in [4.69, 9.17) is 5.73 Å². The molecule has 0 aromatic carbocycles. The van der Waals surface area contributed by atoms with Gasteiger partial charge in [0.1, 0.15) is 0 Å². The normalized spacial score (nSPS) is 27.0. The molecule has 1 rings (SSSR count). The average molecular weight is 210 g/mol. The number of nitrogens with two attached hydrogens (primary N) is 1. The summed E-state index contributed by atoms with van der Waals surface area (Å²) >= 11 is 0. The molecule has 3 atom stereocenters. The Morgan fingerprint density at radius 2 is 2.20 bits per heavy atom. The van der Waals surface area contributed by atoms with Gasteiger partial charge in [0, 0.05) is 12.1 Å². The van der Waals surface area contributed by atoms with Crippen molar-refractivity contribution in [3.05, 3.63) is 12.2 Å². The molecular weight excluding hydrogens is 188 g/mol. The molecule has 0 saturated heterocycles. The fourth-order valence-corrected chi connectivity index (χ4v) is 1.95. The first-order valence-electron chi connectivity index (χ1n) is 5.78. The summed E-state index contributed by atoms with van der Waals surface area (Å²) in [7, 11) is 0. The number of hydrogen-bond acceptors (Lipinski definition) is 2. The Balaban J connectivity index is 2.44. The molecule has 86 valence electrons. The van der Waals surface area contributed by atoms with E-state index in [2.05, 4.69) is 26.1 Å². The van der Waals surface area contributed by atoms with Gasteiger partial charge >= 0.3 is 0 Å². The maximum Gasteiger partial charge on any atom is 0.227 e. The smallest absolute Gasteiger partial charge is 0.227 e. The number of carbonyl (C=O) groups excluding carboxylic acids is 1. The maximum atomic E-state index is 11.8. The minimum Gasteiger partial charge on any atom is -0.353 e. The standard InChI is InChI=1S/C12H22N2O/c1-4-11(8(2)3)14-12(15)9-5-6-10(13)7-9/h5-6,8-11H,4,7,13H2,1-3H3,(H,14,15). The number of amides is 1. The summed E-state index contributed by atoms with van der Waals surface area (Å²) < 4.78 is 0. The molecular formula is C12H22N2O. The van der Waals surface area contributed by atoms with Gasteiger partial charge in [0.15, 0.2) is 0 Å². The molecule has 3 heteroatoms. The summed E-state index contributed by atoms with van der Waals surface area (Å²) in [4.78, 5) is 11.8. The zero-order chi connectivity index (χ0) is 11.4. The largest absolute Gasteiger partial charge is 0.353 e. The van der Waals surface area contributed by atoms with Crippen LogP contribution in [-0.4, -0.2) is 18.0 Å². The van der Waals surface area contributed by atoms with E-state index >= 15 is 0 Å². The Bertz CT molecular complexity index is 248. The summed E-state index contributed by atoms with van der Waals surface area (Å²) in [6.07, 6.45) is 5.57. The Hall–Kier alpha value is -0.830. The van der Waals surface area contributed by atoms with Crippen LogP contribution in [0.3, 0.4) is 0 Å². The average Bonchev–Trinajstić information content (AvgIpc) is 2.60. The third-order valence-corrected chi connectivity index (χ3v) is 3.03. The van der Waals surface area contributed by atoms with Crippen LogP contribution in [0.5, 0.6) is 0 Å². The molecule has 0 heterocycles. The number of hydrogen-bond donors (Lipinski definition) is 2. The molecule has 15 heavy (non-hydrogen) atoms. The predicted molar refractivity (Wildman–Crippen MR) is 62.3 cm³/mol. The quantitative estimate of drug-likeness (QED) is 0.690. The lowest BCUT2D eigenvalue weighted by Crippen LogP contribution is -2.41. The van der Waals surface area contributed by atoms with Gasteiger partial charge in [-0.05, 0) is 18.8 Å². The van der Waals surface area contributed by atoms with E-state index in [-0.39, 0.29) is 23.9 Å². The van der Waals surface area contributed by atoms with E-state index < -0.39 is 0 Å². The Labute approximate surface area is 92.1 Å². The molecule has 3 unspecified atom stereocenters. The predicted octanol–water partition coefficient (Wildman–Crippen LogP) is 1.44. The number of rotatable bonds is 4. The highest BCUT2D eigenvalue weighted by Crippen LogP contribution is 2.17. The molecule has 0 radical (unpaired) electrons. The minimum absolute atomic E-state index is 0.0206. The van der Waals surface area contributed by atoms with Gasteiger partial charge < -0.3 is 11.1 Å². The third-order valence-electron chi connectivity index (χ3n) is 3.03. The lowest BCUT2D eigenvalue weighted by atomic mass is 10.00. The fourth-order valence-electron chi connectivity index (χ4n) is 1.95. The van der Waals surface area contributed by atoms with E-state index in [0.29, 0.717) is 5.92 Å². The lowest BCUT2D eigenvalue weighted by molar-refractivity contribution is -0.124. The minimum atomic E-state index is -0.0206. The van der Waals surface area contributed by atoms with Crippen LogP contribution in [0.1, 0.15) is 33.6 Å². The molecule has 3 N–H and O–H groups in total. The first kappa shape index (κ1) is 12.2. The van der Waals surface area contributed by atoms with Crippen molar-refractivity contribution in [1.29, 1.82) is 0 Å². The molecule has 1 aliphatic rings. The van der Waals surface area contributed by atoms with Crippen molar-refractivity contribution in [1.82, 2.24) is 5.32 Å². The van der Waals surface area contributed by atoms with Gasteiger partial charge in [0.25, 0.3) is 0 Å². The van der Waals surface area contributed by atoms with Crippen LogP contribution >= 0.6 is 0 Å². The summed E-state index contributed by atoms with van der Waals surface area (Å²) in [5.74, 6) is 0.588. The second-order valence-electron chi connectivity index (χ2n) is 4.66. The molecule has 1 aliphatic carbocycles.